The molecule has 0 aromatic carbocycles. The Morgan fingerprint density at radius 3 is 2.60 bits per heavy atom. The number of Topliss-reactive ketones (excluding diaryl/α,β-unsaturated/α-hetero) is 1. The molecule has 3 heterocycles. The van der Waals surface area contributed by atoms with Crippen molar-refractivity contribution >= 4 is 11.6 Å². The van der Waals surface area contributed by atoms with Gasteiger partial charge in [-0.1, -0.05) is 6.07 Å². The van der Waals surface area contributed by atoms with E-state index in [1.807, 2.05) is 31.2 Å². The second kappa shape index (κ2) is 5.36. The van der Waals surface area contributed by atoms with E-state index in [0.717, 1.165) is 36.1 Å². The van der Waals surface area contributed by atoms with Gasteiger partial charge >= 0.3 is 0 Å². The first-order valence-electron chi connectivity index (χ1n) is 6.76. The number of carbonyl (C=O) groups excluding carboxylic acids is 1. The normalized spacial score (nSPS) is 15.4. The van der Waals surface area contributed by atoms with Crippen molar-refractivity contribution in [3.63, 3.8) is 0 Å². The average molecular weight is 268 g/mol. The molecule has 1 aliphatic rings. The second-order valence-corrected chi connectivity index (χ2v) is 4.90. The minimum absolute atomic E-state index is 0.331. The number of carbonyl (C=O) groups is 1. The van der Waals surface area contributed by atoms with Gasteiger partial charge in [-0.2, -0.15) is 0 Å². The molecule has 0 amide bonds. The van der Waals surface area contributed by atoms with Crippen LogP contribution in [0.3, 0.4) is 0 Å². The third-order valence-electron chi connectivity index (χ3n) is 3.40. The van der Waals surface area contributed by atoms with Gasteiger partial charge in [0.15, 0.2) is 0 Å². The summed E-state index contributed by atoms with van der Waals surface area (Å²) in [5.74, 6) is 1.93. The Morgan fingerprint density at radius 2 is 1.90 bits per heavy atom. The molecule has 0 bridgehead atoms. The Bertz CT molecular complexity index is 617. The van der Waals surface area contributed by atoms with Gasteiger partial charge in [-0.15, -0.1) is 0 Å². The van der Waals surface area contributed by atoms with Crippen LogP contribution in [0.25, 0.3) is 11.4 Å². The molecule has 1 fully saturated rings. The fourth-order valence-corrected chi connectivity index (χ4v) is 2.34. The van der Waals surface area contributed by atoms with Gasteiger partial charge in [0, 0.05) is 38.2 Å². The molecular weight excluding hydrogens is 252 g/mol. The topological polar surface area (TPSA) is 59.0 Å². The number of pyridine rings is 1. The Kier molecular flexibility index (Phi) is 3.41. The van der Waals surface area contributed by atoms with Crippen molar-refractivity contribution in [2.45, 2.75) is 19.8 Å². The van der Waals surface area contributed by atoms with Gasteiger partial charge in [0.05, 0.1) is 11.4 Å². The monoisotopic (exact) mass is 268 g/mol. The molecule has 0 N–H and O–H groups in total. The number of hydrogen-bond acceptors (Lipinski definition) is 5. The van der Waals surface area contributed by atoms with Crippen LogP contribution in [0.2, 0.25) is 0 Å². The van der Waals surface area contributed by atoms with Crippen molar-refractivity contribution in [3.8, 4) is 11.4 Å². The summed E-state index contributed by atoms with van der Waals surface area (Å²) in [6.45, 7) is 3.35. The van der Waals surface area contributed by atoms with E-state index in [0.29, 0.717) is 18.6 Å². The molecule has 0 unspecified atom stereocenters. The number of aryl methyl sites for hydroxylation is 1. The molecule has 5 nitrogen and oxygen atoms in total. The van der Waals surface area contributed by atoms with Gasteiger partial charge < -0.3 is 4.90 Å². The first-order chi connectivity index (χ1) is 9.72. The first kappa shape index (κ1) is 12.7. The van der Waals surface area contributed by atoms with Gasteiger partial charge in [0.1, 0.15) is 17.4 Å². The highest BCUT2D eigenvalue weighted by Crippen LogP contribution is 2.22. The minimum atomic E-state index is 0.331. The van der Waals surface area contributed by atoms with E-state index in [1.165, 1.54) is 0 Å². The van der Waals surface area contributed by atoms with E-state index in [4.69, 9.17) is 0 Å². The van der Waals surface area contributed by atoms with Crippen LogP contribution in [-0.4, -0.2) is 33.8 Å². The fraction of sp³-hybridized carbons (Fsp3) is 0.333. The number of nitrogens with zero attached hydrogens (tertiary/aromatic N) is 4. The Labute approximate surface area is 117 Å². The van der Waals surface area contributed by atoms with Crippen LogP contribution < -0.4 is 4.90 Å². The van der Waals surface area contributed by atoms with Crippen LogP contribution in [0.15, 0.2) is 30.5 Å². The zero-order valence-electron chi connectivity index (χ0n) is 11.4. The van der Waals surface area contributed by atoms with Crippen molar-refractivity contribution in [3.05, 3.63) is 36.3 Å². The van der Waals surface area contributed by atoms with Gasteiger partial charge in [0.2, 0.25) is 0 Å². The van der Waals surface area contributed by atoms with E-state index in [1.54, 1.807) is 6.20 Å². The van der Waals surface area contributed by atoms with Gasteiger partial charge in [-0.25, -0.2) is 9.97 Å². The number of piperidine rings is 1. The molecular formula is C15H16N4O. The summed E-state index contributed by atoms with van der Waals surface area (Å²) in [5.41, 5.74) is 1.66. The zero-order valence-corrected chi connectivity index (χ0v) is 11.4. The molecule has 1 saturated heterocycles. The predicted octanol–water partition coefficient (Wildman–Crippen LogP) is 2.02. The van der Waals surface area contributed by atoms with Crippen molar-refractivity contribution in [2.75, 3.05) is 18.0 Å². The lowest BCUT2D eigenvalue weighted by Crippen LogP contribution is -2.34. The highest BCUT2D eigenvalue weighted by Gasteiger charge is 2.18. The quantitative estimate of drug-likeness (QED) is 0.834. The van der Waals surface area contributed by atoms with Crippen LogP contribution in [-0.2, 0) is 4.79 Å². The van der Waals surface area contributed by atoms with Crippen LogP contribution in [0.4, 0.5) is 5.82 Å². The van der Waals surface area contributed by atoms with Crippen molar-refractivity contribution in [1.29, 1.82) is 0 Å². The largest absolute Gasteiger partial charge is 0.356 e. The number of anilines is 1. The molecule has 0 saturated carbocycles. The second-order valence-electron chi connectivity index (χ2n) is 4.90. The molecule has 1 aliphatic heterocycles. The molecule has 2 aromatic rings. The molecule has 102 valence electrons. The maximum absolute atomic E-state index is 11.3. The molecule has 0 spiro atoms. The number of aromatic nitrogens is 3. The van der Waals surface area contributed by atoms with E-state index in [2.05, 4.69) is 19.9 Å². The third kappa shape index (κ3) is 2.66. The average Bonchev–Trinajstić information content (AvgIpc) is 2.48. The lowest BCUT2D eigenvalue weighted by molar-refractivity contribution is -0.119. The maximum atomic E-state index is 11.3. The van der Waals surface area contributed by atoms with Gasteiger partial charge in [0.25, 0.3) is 0 Å². The summed E-state index contributed by atoms with van der Waals surface area (Å²) in [4.78, 5) is 26.7. The summed E-state index contributed by atoms with van der Waals surface area (Å²) >= 11 is 0. The van der Waals surface area contributed by atoms with Crippen molar-refractivity contribution in [1.82, 2.24) is 15.0 Å². The summed E-state index contributed by atoms with van der Waals surface area (Å²) in [6.07, 6.45) is 2.95. The Morgan fingerprint density at radius 1 is 1.10 bits per heavy atom. The molecule has 5 heteroatoms. The van der Waals surface area contributed by atoms with Gasteiger partial charge in [-0.05, 0) is 19.1 Å². The van der Waals surface area contributed by atoms with E-state index in [9.17, 15) is 4.79 Å². The van der Waals surface area contributed by atoms with E-state index < -0.39 is 0 Å². The summed E-state index contributed by atoms with van der Waals surface area (Å²) < 4.78 is 0. The van der Waals surface area contributed by atoms with Crippen molar-refractivity contribution in [2.24, 2.45) is 0 Å². The number of hydrogen-bond donors (Lipinski definition) is 0. The highest BCUT2D eigenvalue weighted by molar-refractivity contribution is 5.81. The first-order valence-corrected chi connectivity index (χ1v) is 6.76. The van der Waals surface area contributed by atoms with Gasteiger partial charge in [-0.3, -0.25) is 9.78 Å². The van der Waals surface area contributed by atoms with Crippen LogP contribution in [0.1, 0.15) is 18.7 Å². The molecule has 3 rings (SSSR count). The summed E-state index contributed by atoms with van der Waals surface area (Å²) in [5, 5.41) is 0. The van der Waals surface area contributed by atoms with E-state index in [-0.39, 0.29) is 0 Å². The van der Waals surface area contributed by atoms with E-state index >= 15 is 0 Å². The lowest BCUT2D eigenvalue weighted by atomic mass is 10.1. The highest BCUT2D eigenvalue weighted by atomic mass is 16.1. The number of rotatable bonds is 2. The smallest absolute Gasteiger partial charge is 0.136 e. The van der Waals surface area contributed by atoms with Crippen LogP contribution >= 0.6 is 0 Å². The molecule has 0 aliphatic carbocycles. The maximum Gasteiger partial charge on any atom is 0.136 e. The molecule has 0 radical (unpaired) electrons. The molecule has 20 heavy (non-hydrogen) atoms. The summed E-state index contributed by atoms with van der Waals surface area (Å²) in [6, 6.07) is 7.71. The number of ketones is 1. The SMILES string of the molecule is Cc1nc(-c2ccccn2)cc(N2CCC(=O)CC2)n1. The Balaban J connectivity index is 1.93. The minimum Gasteiger partial charge on any atom is -0.356 e. The third-order valence-corrected chi connectivity index (χ3v) is 3.40. The van der Waals surface area contributed by atoms with Crippen molar-refractivity contribution < 1.29 is 4.79 Å². The Hall–Kier alpha value is -2.30. The lowest BCUT2D eigenvalue weighted by Gasteiger charge is -2.27. The molecule has 0 atom stereocenters. The standard InChI is InChI=1S/C15H16N4O/c1-11-17-14(13-4-2-3-7-16-13)10-15(18-11)19-8-5-12(20)6-9-19/h2-4,7,10H,5-6,8-9H2,1H3. The van der Waals surface area contributed by atoms with Crippen LogP contribution in [0.5, 0.6) is 0 Å². The summed E-state index contributed by atoms with van der Waals surface area (Å²) in [7, 11) is 0. The molecule has 2 aromatic heterocycles. The van der Waals surface area contributed by atoms with Crippen LogP contribution in [0, 0.1) is 6.92 Å². The fourth-order valence-electron chi connectivity index (χ4n) is 2.34. The zero-order chi connectivity index (χ0) is 13.9. The predicted molar refractivity (Wildman–Crippen MR) is 76.5 cm³/mol.